The summed E-state index contributed by atoms with van der Waals surface area (Å²) in [6, 6.07) is 9.73. The molecule has 8 heteroatoms. The number of hydrogen-bond acceptors (Lipinski definition) is 6. The van der Waals surface area contributed by atoms with Crippen molar-refractivity contribution in [3.63, 3.8) is 0 Å². The number of amides is 2. The lowest BCUT2D eigenvalue weighted by atomic mass is 9.82. The van der Waals surface area contributed by atoms with Gasteiger partial charge in [0.05, 0.1) is 17.7 Å². The number of nitrogens with one attached hydrogen (secondary N) is 2. The zero-order valence-electron chi connectivity index (χ0n) is 23.0. The lowest BCUT2D eigenvalue weighted by Crippen LogP contribution is -2.41. The van der Waals surface area contributed by atoms with Crippen molar-refractivity contribution in [2.24, 2.45) is 17.8 Å². The molecule has 206 valence electrons. The Bertz CT molecular complexity index is 1110. The van der Waals surface area contributed by atoms with Gasteiger partial charge in [0.15, 0.2) is 0 Å². The van der Waals surface area contributed by atoms with Gasteiger partial charge in [-0.05, 0) is 89.2 Å². The lowest BCUT2D eigenvalue weighted by molar-refractivity contribution is -0.108. The van der Waals surface area contributed by atoms with E-state index in [2.05, 4.69) is 15.5 Å². The highest BCUT2D eigenvalue weighted by Crippen LogP contribution is 2.30. The van der Waals surface area contributed by atoms with Crippen LogP contribution in [-0.4, -0.2) is 55.1 Å². The number of alkyl carbamates (subject to hydrolysis) is 1. The highest BCUT2D eigenvalue weighted by atomic mass is 16.5. The largest absolute Gasteiger partial charge is 0.449 e. The minimum Gasteiger partial charge on any atom is -0.449 e. The van der Waals surface area contributed by atoms with E-state index in [0.29, 0.717) is 42.9 Å². The molecule has 2 heterocycles. The van der Waals surface area contributed by atoms with Gasteiger partial charge in [-0.2, -0.15) is 0 Å². The highest BCUT2D eigenvalue weighted by molar-refractivity contribution is 6.07. The number of aldehydes is 1. The van der Waals surface area contributed by atoms with Crippen molar-refractivity contribution in [3.8, 4) is 0 Å². The third kappa shape index (κ3) is 7.68. The number of carbonyl (C=O) groups excluding carboxylic acids is 3. The standard InChI is InChI=1S/C30H42N4O4/c1-30(2,3)33-29(37)38-20-23-10-8-22(9-11-23)19-31-28(36)25-18-27(32-26-7-5-4-6-24(25)26)34-15-12-21(13-16-34)14-17-35/h4-7,17-18,21-23H,8-16,19-20H2,1-3H3,(H,31,36)(H,33,37). The topological polar surface area (TPSA) is 101 Å². The fourth-order valence-electron chi connectivity index (χ4n) is 5.52. The highest BCUT2D eigenvalue weighted by Gasteiger charge is 2.25. The molecule has 0 atom stereocenters. The SMILES string of the molecule is CC(C)(C)NC(=O)OCC1CCC(CNC(=O)c2cc(N3CCC(CC=O)CC3)nc3ccccc23)CC1. The molecule has 1 saturated heterocycles. The molecule has 2 N–H and O–H groups in total. The number of pyridine rings is 1. The summed E-state index contributed by atoms with van der Waals surface area (Å²) < 4.78 is 5.42. The van der Waals surface area contributed by atoms with Crippen LogP contribution in [0.2, 0.25) is 0 Å². The average molecular weight is 523 g/mol. The number of para-hydroxylation sites is 1. The second kappa shape index (κ2) is 12.6. The van der Waals surface area contributed by atoms with Gasteiger partial charge in [0.25, 0.3) is 5.91 Å². The number of nitrogens with zero attached hydrogens (tertiary/aromatic N) is 2. The Balaban J connectivity index is 1.31. The summed E-state index contributed by atoms with van der Waals surface area (Å²) in [6.45, 7) is 8.57. The number of ether oxygens (including phenoxy) is 1. The molecule has 8 nitrogen and oxygen atoms in total. The number of carbonyl (C=O) groups is 3. The van der Waals surface area contributed by atoms with Gasteiger partial charge in [-0.25, -0.2) is 9.78 Å². The fraction of sp³-hybridized carbons (Fsp3) is 0.600. The third-order valence-electron chi connectivity index (χ3n) is 7.76. The molecule has 0 unspecified atom stereocenters. The molecule has 2 fully saturated rings. The summed E-state index contributed by atoms with van der Waals surface area (Å²) in [6.07, 6.45) is 7.20. The monoisotopic (exact) mass is 522 g/mol. The molecule has 0 radical (unpaired) electrons. The summed E-state index contributed by atoms with van der Waals surface area (Å²) >= 11 is 0. The molecule has 1 aromatic carbocycles. The van der Waals surface area contributed by atoms with Gasteiger partial charge in [0.2, 0.25) is 0 Å². The Hall–Kier alpha value is -3.16. The van der Waals surface area contributed by atoms with Crippen molar-refractivity contribution >= 4 is 35.0 Å². The molecule has 2 amide bonds. The van der Waals surface area contributed by atoms with Crippen LogP contribution in [0.15, 0.2) is 30.3 Å². The smallest absolute Gasteiger partial charge is 0.407 e. The summed E-state index contributed by atoms with van der Waals surface area (Å²) in [5.74, 6) is 1.99. The predicted molar refractivity (Wildman–Crippen MR) is 149 cm³/mol. The first kappa shape index (κ1) is 27.9. The van der Waals surface area contributed by atoms with Gasteiger partial charge in [-0.1, -0.05) is 18.2 Å². The van der Waals surface area contributed by atoms with E-state index in [1.54, 1.807) is 0 Å². The zero-order chi connectivity index (χ0) is 27.1. The molecule has 0 bridgehead atoms. The third-order valence-corrected chi connectivity index (χ3v) is 7.76. The summed E-state index contributed by atoms with van der Waals surface area (Å²) in [5, 5.41) is 6.88. The van der Waals surface area contributed by atoms with Crippen LogP contribution in [0.3, 0.4) is 0 Å². The van der Waals surface area contributed by atoms with Gasteiger partial charge in [0.1, 0.15) is 12.1 Å². The Morgan fingerprint density at radius 2 is 1.71 bits per heavy atom. The normalized spacial score (nSPS) is 20.7. The van der Waals surface area contributed by atoms with Crippen molar-refractivity contribution < 1.29 is 19.1 Å². The van der Waals surface area contributed by atoms with E-state index in [0.717, 1.165) is 74.6 Å². The average Bonchev–Trinajstić information content (AvgIpc) is 2.90. The molecule has 1 saturated carbocycles. The van der Waals surface area contributed by atoms with E-state index in [-0.39, 0.29) is 17.5 Å². The van der Waals surface area contributed by atoms with E-state index in [9.17, 15) is 14.4 Å². The first-order chi connectivity index (χ1) is 18.2. The minimum absolute atomic E-state index is 0.0648. The van der Waals surface area contributed by atoms with Gasteiger partial charge < -0.3 is 25.1 Å². The van der Waals surface area contributed by atoms with Gasteiger partial charge in [0, 0.05) is 37.0 Å². The van der Waals surface area contributed by atoms with Crippen LogP contribution in [0.25, 0.3) is 10.9 Å². The molecule has 2 aliphatic rings. The number of aromatic nitrogens is 1. The Morgan fingerprint density at radius 1 is 1.03 bits per heavy atom. The molecule has 4 rings (SSSR count). The number of hydrogen-bond donors (Lipinski definition) is 2. The van der Waals surface area contributed by atoms with Crippen LogP contribution in [0.1, 0.15) is 76.1 Å². The molecular formula is C30H42N4O4. The van der Waals surface area contributed by atoms with Crippen LogP contribution in [0, 0.1) is 17.8 Å². The number of benzene rings is 1. The van der Waals surface area contributed by atoms with Crippen molar-refractivity contribution in [1.29, 1.82) is 0 Å². The second-order valence-electron chi connectivity index (χ2n) is 11.9. The van der Waals surface area contributed by atoms with E-state index >= 15 is 0 Å². The molecule has 0 spiro atoms. The molecular weight excluding hydrogens is 480 g/mol. The second-order valence-corrected chi connectivity index (χ2v) is 11.9. The van der Waals surface area contributed by atoms with Crippen molar-refractivity contribution in [1.82, 2.24) is 15.6 Å². The molecule has 2 aromatic rings. The lowest BCUT2D eigenvalue weighted by Gasteiger charge is -2.32. The zero-order valence-corrected chi connectivity index (χ0v) is 23.0. The van der Waals surface area contributed by atoms with E-state index < -0.39 is 0 Å². The molecule has 1 aliphatic carbocycles. The number of anilines is 1. The first-order valence-electron chi connectivity index (χ1n) is 14.0. The van der Waals surface area contributed by atoms with Crippen molar-refractivity contribution in [2.75, 3.05) is 31.1 Å². The summed E-state index contributed by atoms with van der Waals surface area (Å²) in [5.41, 5.74) is 1.18. The maximum absolute atomic E-state index is 13.4. The van der Waals surface area contributed by atoms with Crippen LogP contribution in [0.5, 0.6) is 0 Å². The number of rotatable bonds is 8. The predicted octanol–water partition coefficient (Wildman–Crippen LogP) is 5.10. The van der Waals surface area contributed by atoms with Crippen LogP contribution in [-0.2, 0) is 9.53 Å². The van der Waals surface area contributed by atoms with E-state index in [4.69, 9.17) is 9.72 Å². The number of fused-ring (bicyclic) bond motifs is 1. The van der Waals surface area contributed by atoms with Crippen LogP contribution in [0.4, 0.5) is 10.6 Å². The Labute approximate surface area is 225 Å². The van der Waals surface area contributed by atoms with Crippen LogP contribution >= 0.6 is 0 Å². The van der Waals surface area contributed by atoms with E-state index in [1.165, 1.54) is 0 Å². The minimum atomic E-state index is -0.360. The number of piperidine rings is 1. The first-order valence-corrected chi connectivity index (χ1v) is 14.0. The molecule has 38 heavy (non-hydrogen) atoms. The maximum atomic E-state index is 13.4. The Morgan fingerprint density at radius 3 is 2.39 bits per heavy atom. The molecule has 1 aromatic heterocycles. The van der Waals surface area contributed by atoms with Crippen molar-refractivity contribution in [2.45, 2.75) is 71.3 Å². The molecule has 1 aliphatic heterocycles. The summed E-state index contributed by atoms with van der Waals surface area (Å²) in [4.78, 5) is 43.3. The van der Waals surface area contributed by atoms with Gasteiger partial charge in [-0.15, -0.1) is 0 Å². The van der Waals surface area contributed by atoms with Gasteiger partial charge >= 0.3 is 6.09 Å². The quantitative estimate of drug-likeness (QED) is 0.468. The van der Waals surface area contributed by atoms with E-state index in [1.807, 2.05) is 51.1 Å². The summed E-state index contributed by atoms with van der Waals surface area (Å²) in [7, 11) is 0. The maximum Gasteiger partial charge on any atom is 0.407 e. The van der Waals surface area contributed by atoms with Crippen molar-refractivity contribution in [3.05, 3.63) is 35.9 Å². The van der Waals surface area contributed by atoms with Gasteiger partial charge in [-0.3, -0.25) is 4.79 Å². The van der Waals surface area contributed by atoms with Crippen LogP contribution < -0.4 is 15.5 Å². The fourth-order valence-corrected chi connectivity index (χ4v) is 5.52. The Kier molecular flexibility index (Phi) is 9.23.